The average molecular weight is 1200 g/mol. The van der Waals surface area contributed by atoms with Gasteiger partial charge in [-0.15, -0.1) is 0 Å². The molecule has 6 nitrogen and oxygen atoms in total. The van der Waals surface area contributed by atoms with E-state index in [-0.39, 0.29) is 0 Å². The Morgan fingerprint density at radius 3 is 0.741 bits per heavy atom. The molecule has 506 valence electrons. The SMILES string of the molecule is CCCCCCCCCCCCCCCCC/C=C\C/C=C\CCCCCCCCCCCCCCCCCCC(O)C(=O)NC(CO)C(O)C(O)CCCCCCCCCCCCCCCCCCCCCCCCCCCCCCCCC. The van der Waals surface area contributed by atoms with E-state index < -0.39 is 36.9 Å². The molecule has 0 rings (SSSR count). The molecule has 0 fully saturated rings. The van der Waals surface area contributed by atoms with Crippen molar-refractivity contribution in [2.75, 3.05) is 6.61 Å². The topological polar surface area (TPSA) is 110 Å². The molecule has 4 atom stereocenters. The van der Waals surface area contributed by atoms with Gasteiger partial charge >= 0.3 is 0 Å². The number of hydrogen-bond donors (Lipinski definition) is 5. The predicted molar refractivity (Wildman–Crippen MR) is 376 cm³/mol. The van der Waals surface area contributed by atoms with E-state index in [2.05, 4.69) is 43.5 Å². The van der Waals surface area contributed by atoms with E-state index in [9.17, 15) is 25.2 Å². The Labute approximate surface area is 533 Å². The van der Waals surface area contributed by atoms with Gasteiger partial charge < -0.3 is 25.7 Å². The number of unbranched alkanes of at least 4 members (excludes halogenated alkanes) is 61. The normalized spacial score (nSPS) is 13.4. The maximum atomic E-state index is 12.7. The number of carbonyl (C=O) groups is 1. The summed E-state index contributed by atoms with van der Waals surface area (Å²) in [4.78, 5) is 12.7. The summed E-state index contributed by atoms with van der Waals surface area (Å²) in [6.45, 7) is 4.12. The fourth-order valence-corrected chi connectivity index (χ4v) is 12.9. The number of hydrogen-bond acceptors (Lipinski definition) is 5. The summed E-state index contributed by atoms with van der Waals surface area (Å²) in [6.07, 6.45) is 94.9. The standard InChI is InChI=1S/C79H155NO5/c1-3-5-7-9-11-13-15-17-19-21-23-25-27-29-31-33-35-36-37-38-39-40-41-43-45-47-49-51-53-55-57-59-61-63-65-67-69-71-73-77(83)79(85)80-75(74-81)78(84)76(82)72-70-68-66-64-62-60-58-56-54-52-50-48-46-44-42-34-32-30-28-26-24-22-20-18-16-14-12-10-8-6-4-2/h35-36,38-39,75-78,81-84H,3-34,37,40-74H2,1-2H3,(H,80,85)/b36-35-,39-38-. The second-order valence-corrected chi connectivity index (χ2v) is 27.4. The van der Waals surface area contributed by atoms with Crippen LogP contribution in [-0.2, 0) is 4.79 Å². The summed E-state index contributed by atoms with van der Waals surface area (Å²) in [7, 11) is 0. The molecule has 0 spiro atoms. The van der Waals surface area contributed by atoms with Crippen LogP contribution >= 0.6 is 0 Å². The Bertz CT molecular complexity index is 1300. The monoisotopic (exact) mass is 1200 g/mol. The number of aliphatic hydroxyl groups is 4. The molecular formula is C79H155NO5. The Balaban J connectivity index is 3.50. The fraction of sp³-hybridized carbons (Fsp3) is 0.937. The lowest BCUT2D eigenvalue weighted by Crippen LogP contribution is -2.53. The molecule has 0 saturated heterocycles. The molecule has 85 heavy (non-hydrogen) atoms. The van der Waals surface area contributed by atoms with Crippen molar-refractivity contribution >= 4 is 5.91 Å². The third-order valence-electron chi connectivity index (χ3n) is 18.9. The van der Waals surface area contributed by atoms with Crippen LogP contribution in [0.5, 0.6) is 0 Å². The first-order valence-electron chi connectivity index (χ1n) is 39.2. The zero-order valence-electron chi connectivity index (χ0n) is 57.9. The highest BCUT2D eigenvalue weighted by atomic mass is 16.3. The van der Waals surface area contributed by atoms with E-state index in [0.717, 1.165) is 44.9 Å². The Hall–Kier alpha value is -1.21. The smallest absolute Gasteiger partial charge is 0.249 e. The van der Waals surface area contributed by atoms with Crippen LogP contribution in [0.3, 0.4) is 0 Å². The highest BCUT2D eigenvalue weighted by molar-refractivity contribution is 5.80. The molecule has 0 aliphatic rings. The van der Waals surface area contributed by atoms with Gasteiger partial charge in [0.05, 0.1) is 18.8 Å². The molecular weight excluding hydrogens is 1040 g/mol. The quantitative estimate of drug-likeness (QED) is 0.0308. The fourth-order valence-electron chi connectivity index (χ4n) is 12.9. The Kier molecular flexibility index (Phi) is 72.5. The number of nitrogens with one attached hydrogen (secondary N) is 1. The Morgan fingerprint density at radius 2 is 0.506 bits per heavy atom. The average Bonchev–Trinajstić information content (AvgIpc) is 3.51. The minimum atomic E-state index is -1.26. The second-order valence-electron chi connectivity index (χ2n) is 27.4. The van der Waals surface area contributed by atoms with Crippen LogP contribution in [0.15, 0.2) is 24.3 Å². The van der Waals surface area contributed by atoms with E-state index in [0.29, 0.717) is 12.8 Å². The van der Waals surface area contributed by atoms with Crippen LogP contribution in [0.4, 0.5) is 0 Å². The molecule has 0 radical (unpaired) electrons. The summed E-state index contributed by atoms with van der Waals surface area (Å²) >= 11 is 0. The number of rotatable bonds is 74. The van der Waals surface area contributed by atoms with Crippen molar-refractivity contribution in [2.45, 2.75) is 468 Å². The zero-order chi connectivity index (χ0) is 61.5. The van der Waals surface area contributed by atoms with Crippen molar-refractivity contribution in [1.82, 2.24) is 5.32 Å². The van der Waals surface area contributed by atoms with Gasteiger partial charge in [-0.25, -0.2) is 0 Å². The number of allylic oxidation sites excluding steroid dienone is 4. The van der Waals surface area contributed by atoms with Gasteiger partial charge in [0, 0.05) is 0 Å². The first-order valence-corrected chi connectivity index (χ1v) is 39.2. The minimum Gasteiger partial charge on any atom is -0.394 e. The van der Waals surface area contributed by atoms with Gasteiger partial charge in [0.15, 0.2) is 0 Å². The summed E-state index contributed by atoms with van der Waals surface area (Å²) in [6, 6.07) is -0.986. The zero-order valence-corrected chi connectivity index (χ0v) is 57.9. The maximum Gasteiger partial charge on any atom is 0.249 e. The van der Waals surface area contributed by atoms with Crippen molar-refractivity contribution in [1.29, 1.82) is 0 Å². The van der Waals surface area contributed by atoms with Gasteiger partial charge in [-0.1, -0.05) is 423 Å². The van der Waals surface area contributed by atoms with Gasteiger partial charge in [-0.05, 0) is 44.9 Å². The lowest BCUT2D eigenvalue weighted by molar-refractivity contribution is -0.132. The third kappa shape index (κ3) is 67.0. The van der Waals surface area contributed by atoms with Crippen molar-refractivity contribution < 1.29 is 25.2 Å². The van der Waals surface area contributed by atoms with Crippen LogP contribution in [0.2, 0.25) is 0 Å². The molecule has 0 aliphatic heterocycles. The van der Waals surface area contributed by atoms with Crippen molar-refractivity contribution in [3.8, 4) is 0 Å². The number of carbonyl (C=O) groups excluding carboxylic acids is 1. The van der Waals surface area contributed by atoms with Crippen LogP contribution in [-0.4, -0.2) is 57.3 Å². The number of aliphatic hydroxyl groups excluding tert-OH is 4. The molecule has 0 heterocycles. The van der Waals surface area contributed by atoms with Crippen molar-refractivity contribution in [3.05, 3.63) is 24.3 Å². The van der Waals surface area contributed by atoms with E-state index in [1.807, 2.05) is 0 Å². The highest BCUT2D eigenvalue weighted by Crippen LogP contribution is 2.21. The van der Waals surface area contributed by atoms with Gasteiger partial charge in [0.25, 0.3) is 0 Å². The Morgan fingerprint density at radius 1 is 0.294 bits per heavy atom. The van der Waals surface area contributed by atoms with E-state index >= 15 is 0 Å². The van der Waals surface area contributed by atoms with Gasteiger partial charge in [0.2, 0.25) is 5.91 Å². The van der Waals surface area contributed by atoms with Gasteiger partial charge in [0.1, 0.15) is 12.2 Å². The summed E-state index contributed by atoms with van der Waals surface area (Å²) in [5.74, 6) is -0.575. The molecule has 0 aromatic rings. The van der Waals surface area contributed by atoms with Gasteiger partial charge in [-0.3, -0.25) is 4.79 Å². The largest absolute Gasteiger partial charge is 0.394 e. The van der Waals surface area contributed by atoms with Crippen molar-refractivity contribution in [3.63, 3.8) is 0 Å². The molecule has 0 aliphatic carbocycles. The van der Waals surface area contributed by atoms with Crippen LogP contribution in [0.25, 0.3) is 0 Å². The van der Waals surface area contributed by atoms with E-state index in [1.165, 1.54) is 372 Å². The van der Waals surface area contributed by atoms with Crippen LogP contribution < -0.4 is 5.32 Å². The molecule has 0 aromatic heterocycles. The first-order chi connectivity index (χ1) is 42.0. The summed E-state index contributed by atoms with van der Waals surface area (Å²) in [5, 5.41) is 44.4. The third-order valence-corrected chi connectivity index (χ3v) is 18.9. The maximum absolute atomic E-state index is 12.7. The molecule has 1 amide bonds. The number of amides is 1. The molecule has 0 aromatic carbocycles. The molecule has 0 bridgehead atoms. The summed E-state index contributed by atoms with van der Waals surface area (Å²) in [5.41, 5.74) is 0. The highest BCUT2D eigenvalue weighted by Gasteiger charge is 2.29. The molecule has 0 saturated carbocycles. The minimum absolute atomic E-state index is 0.372. The van der Waals surface area contributed by atoms with Gasteiger partial charge in [-0.2, -0.15) is 0 Å². The van der Waals surface area contributed by atoms with Crippen LogP contribution in [0.1, 0.15) is 444 Å². The molecule has 4 unspecified atom stereocenters. The lowest BCUT2D eigenvalue weighted by atomic mass is 9.99. The van der Waals surface area contributed by atoms with E-state index in [1.54, 1.807) is 0 Å². The summed E-state index contributed by atoms with van der Waals surface area (Å²) < 4.78 is 0. The molecule has 5 N–H and O–H groups in total. The van der Waals surface area contributed by atoms with Crippen LogP contribution in [0, 0.1) is 0 Å². The first kappa shape index (κ1) is 83.8. The van der Waals surface area contributed by atoms with Crippen molar-refractivity contribution in [2.24, 2.45) is 0 Å². The van der Waals surface area contributed by atoms with E-state index in [4.69, 9.17) is 0 Å². The predicted octanol–water partition coefficient (Wildman–Crippen LogP) is 24.8. The molecule has 6 heteroatoms. The second kappa shape index (κ2) is 73.5. The lowest BCUT2D eigenvalue weighted by Gasteiger charge is -2.27.